The standard InChI is InChI=1S/C13H22ClN/c1-10(14)9-15-13-7-6-11-4-2-3-5-12(11)8-13/h11-13,15H,1-9H2. The zero-order valence-corrected chi connectivity index (χ0v) is 10.2. The molecule has 0 radical (unpaired) electrons. The summed E-state index contributed by atoms with van der Waals surface area (Å²) < 4.78 is 0. The number of hydrogen-bond donors (Lipinski definition) is 1. The van der Waals surface area contributed by atoms with E-state index < -0.39 is 0 Å². The Balaban J connectivity index is 1.78. The van der Waals surface area contributed by atoms with Crippen LogP contribution in [0, 0.1) is 11.8 Å². The maximum absolute atomic E-state index is 5.78. The minimum atomic E-state index is 0.694. The van der Waals surface area contributed by atoms with Crippen molar-refractivity contribution < 1.29 is 0 Å². The number of nitrogens with one attached hydrogen (secondary N) is 1. The predicted octanol–water partition coefficient (Wildman–Crippen LogP) is 3.69. The molecule has 2 rings (SSSR count). The van der Waals surface area contributed by atoms with Gasteiger partial charge >= 0.3 is 0 Å². The Labute approximate surface area is 98.3 Å². The van der Waals surface area contributed by atoms with Crippen LogP contribution in [0.4, 0.5) is 0 Å². The molecule has 0 heterocycles. The molecule has 2 aliphatic rings. The van der Waals surface area contributed by atoms with Gasteiger partial charge in [-0.1, -0.05) is 43.9 Å². The molecule has 0 aromatic rings. The van der Waals surface area contributed by atoms with Gasteiger partial charge in [-0.05, 0) is 31.1 Å². The smallest absolute Gasteiger partial charge is 0.0310 e. The number of fused-ring (bicyclic) bond motifs is 1. The normalized spacial score (nSPS) is 35.9. The Morgan fingerprint density at radius 1 is 1.13 bits per heavy atom. The summed E-state index contributed by atoms with van der Waals surface area (Å²) in [5.74, 6) is 2.03. The molecule has 0 bridgehead atoms. The van der Waals surface area contributed by atoms with Gasteiger partial charge in [-0.15, -0.1) is 0 Å². The quantitative estimate of drug-likeness (QED) is 0.776. The van der Waals surface area contributed by atoms with Gasteiger partial charge in [-0.3, -0.25) is 0 Å². The minimum Gasteiger partial charge on any atom is -0.309 e. The Hall–Kier alpha value is -0.0100. The molecule has 3 atom stereocenters. The van der Waals surface area contributed by atoms with E-state index in [2.05, 4.69) is 11.9 Å². The first-order chi connectivity index (χ1) is 7.25. The lowest BCUT2D eigenvalue weighted by Crippen LogP contribution is -2.39. The molecule has 2 aliphatic carbocycles. The largest absolute Gasteiger partial charge is 0.309 e. The van der Waals surface area contributed by atoms with Crippen LogP contribution in [-0.4, -0.2) is 12.6 Å². The van der Waals surface area contributed by atoms with Crippen molar-refractivity contribution in [3.63, 3.8) is 0 Å². The molecule has 1 N–H and O–H groups in total. The van der Waals surface area contributed by atoms with Crippen LogP contribution in [0.2, 0.25) is 0 Å². The first-order valence-corrected chi connectivity index (χ1v) is 6.70. The van der Waals surface area contributed by atoms with E-state index in [1.165, 1.54) is 44.9 Å². The Morgan fingerprint density at radius 2 is 1.87 bits per heavy atom. The summed E-state index contributed by atoms with van der Waals surface area (Å²) in [7, 11) is 0. The van der Waals surface area contributed by atoms with Crippen molar-refractivity contribution in [2.75, 3.05) is 6.54 Å². The van der Waals surface area contributed by atoms with Gasteiger partial charge in [-0.25, -0.2) is 0 Å². The minimum absolute atomic E-state index is 0.694. The molecule has 15 heavy (non-hydrogen) atoms. The average Bonchev–Trinajstić information content (AvgIpc) is 2.26. The van der Waals surface area contributed by atoms with E-state index in [4.69, 9.17) is 11.6 Å². The van der Waals surface area contributed by atoms with Gasteiger partial charge in [0.05, 0.1) is 0 Å². The fourth-order valence-corrected chi connectivity index (χ4v) is 3.39. The van der Waals surface area contributed by atoms with Crippen molar-refractivity contribution in [1.29, 1.82) is 0 Å². The molecule has 2 saturated carbocycles. The second kappa shape index (κ2) is 5.36. The maximum Gasteiger partial charge on any atom is 0.0310 e. The maximum atomic E-state index is 5.78. The molecule has 0 spiro atoms. The van der Waals surface area contributed by atoms with Gasteiger partial charge in [0.15, 0.2) is 0 Å². The van der Waals surface area contributed by atoms with Crippen molar-refractivity contribution in [1.82, 2.24) is 5.32 Å². The second-order valence-electron chi connectivity index (χ2n) is 5.21. The first-order valence-electron chi connectivity index (χ1n) is 6.32. The van der Waals surface area contributed by atoms with Crippen LogP contribution in [0.1, 0.15) is 44.9 Å². The lowest BCUT2D eigenvalue weighted by atomic mass is 9.69. The monoisotopic (exact) mass is 227 g/mol. The van der Waals surface area contributed by atoms with E-state index in [0.29, 0.717) is 6.04 Å². The molecular weight excluding hydrogens is 206 g/mol. The Bertz CT molecular complexity index is 227. The SMILES string of the molecule is C=C(Cl)CNC1CCC2CCCCC2C1. The highest BCUT2D eigenvalue weighted by molar-refractivity contribution is 6.29. The van der Waals surface area contributed by atoms with Crippen molar-refractivity contribution in [2.24, 2.45) is 11.8 Å². The number of hydrogen-bond acceptors (Lipinski definition) is 1. The van der Waals surface area contributed by atoms with E-state index >= 15 is 0 Å². The van der Waals surface area contributed by atoms with Crippen LogP contribution in [0.15, 0.2) is 11.6 Å². The van der Waals surface area contributed by atoms with Crippen molar-refractivity contribution in [2.45, 2.75) is 51.0 Å². The fourth-order valence-electron chi connectivity index (χ4n) is 3.31. The lowest BCUT2D eigenvalue weighted by Gasteiger charge is -2.39. The molecule has 0 aromatic heterocycles. The number of halogens is 1. The summed E-state index contributed by atoms with van der Waals surface area (Å²) in [6.07, 6.45) is 10.0. The summed E-state index contributed by atoms with van der Waals surface area (Å²) in [6.45, 7) is 4.51. The van der Waals surface area contributed by atoms with Gasteiger partial charge in [0.1, 0.15) is 0 Å². The first kappa shape index (κ1) is 11.5. The highest BCUT2D eigenvalue weighted by Crippen LogP contribution is 2.40. The molecule has 86 valence electrons. The van der Waals surface area contributed by atoms with Crippen molar-refractivity contribution in [3.8, 4) is 0 Å². The molecular formula is C13H22ClN. The highest BCUT2D eigenvalue weighted by atomic mass is 35.5. The van der Waals surface area contributed by atoms with E-state index in [1.54, 1.807) is 0 Å². The van der Waals surface area contributed by atoms with Crippen LogP contribution >= 0.6 is 11.6 Å². The summed E-state index contributed by atoms with van der Waals surface area (Å²) in [6, 6.07) is 0.694. The highest BCUT2D eigenvalue weighted by Gasteiger charge is 2.31. The molecule has 0 aromatic carbocycles. The van der Waals surface area contributed by atoms with Crippen LogP contribution in [-0.2, 0) is 0 Å². The molecule has 2 fully saturated rings. The van der Waals surface area contributed by atoms with E-state index in [0.717, 1.165) is 23.4 Å². The van der Waals surface area contributed by atoms with Crippen molar-refractivity contribution in [3.05, 3.63) is 11.6 Å². The molecule has 3 unspecified atom stereocenters. The van der Waals surface area contributed by atoms with Gasteiger partial charge in [0, 0.05) is 17.6 Å². The van der Waals surface area contributed by atoms with Gasteiger partial charge in [0.2, 0.25) is 0 Å². The van der Waals surface area contributed by atoms with Crippen molar-refractivity contribution >= 4 is 11.6 Å². The third-order valence-corrected chi connectivity index (χ3v) is 4.26. The zero-order valence-electron chi connectivity index (χ0n) is 9.47. The Kier molecular flexibility index (Phi) is 4.10. The average molecular weight is 228 g/mol. The van der Waals surface area contributed by atoms with Gasteiger partial charge < -0.3 is 5.32 Å². The summed E-state index contributed by atoms with van der Waals surface area (Å²) in [5.41, 5.74) is 0. The molecule has 1 nitrogen and oxygen atoms in total. The van der Waals surface area contributed by atoms with Gasteiger partial charge in [0.25, 0.3) is 0 Å². The van der Waals surface area contributed by atoms with Gasteiger partial charge in [-0.2, -0.15) is 0 Å². The molecule has 0 saturated heterocycles. The van der Waals surface area contributed by atoms with Crippen LogP contribution in [0.5, 0.6) is 0 Å². The third-order valence-electron chi connectivity index (χ3n) is 4.12. The summed E-state index contributed by atoms with van der Waals surface area (Å²) in [4.78, 5) is 0. The summed E-state index contributed by atoms with van der Waals surface area (Å²) in [5, 5.41) is 4.26. The lowest BCUT2D eigenvalue weighted by molar-refractivity contribution is 0.145. The fraction of sp³-hybridized carbons (Fsp3) is 0.846. The van der Waals surface area contributed by atoms with E-state index in [9.17, 15) is 0 Å². The molecule has 0 aliphatic heterocycles. The van der Waals surface area contributed by atoms with E-state index in [1.807, 2.05) is 0 Å². The van der Waals surface area contributed by atoms with E-state index in [-0.39, 0.29) is 0 Å². The van der Waals surface area contributed by atoms with Crippen LogP contribution in [0.3, 0.4) is 0 Å². The second-order valence-corrected chi connectivity index (χ2v) is 5.75. The zero-order chi connectivity index (χ0) is 10.7. The Morgan fingerprint density at radius 3 is 2.60 bits per heavy atom. The van der Waals surface area contributed by atoms with Crippen LogP contribution < -0.4 is 5.32 Å². The summed E-state index contributed by atoms with van der Waals surface area (Å²) >= 11 is 5.78. The molecule has 0 amide bonds. The number of rotatable bonds is 3. The predicted molar refractivity (Wildman–Crippen MR) is 66.1 cm³/mol. The molecule has 2 heteroatoms. The third kappa shape index (κ3) is 3.22. The van der Waals surface area contributed by atoms with Crippen LogP contribution in [0.25, 0.3) is 0 Å². The topological polar surface area (TPSA) is 12.0 Å².